The van der Waals surface area contributed by atoms with Crippen LogP contribution in [0.15, 0.2) is 21.9 Å². The second-order valence-electron chi connectivity index (χ2n) is 6.74. The zero-order chi connectivity index (χ0) is 16.3. The Bertz CT molecular complexity index is 632. The van der Waals surface area contributed by atoms with E-state index in [0.717, 1.165) is 12.8 Å². The molecule has 0 spiro atoms. The maximum atomic E-state index is 12.2. The number of H-pyrrole nitrogens is 1. The SMILES string of the molecule is CC(C)[C@H]1CC[C@@H](C)C[C@@H]1NC(=O)Cn1ccc(=O)[nH]c1=O. The van der Waals surface area contributed by atoms with Crippen molar-refractivity contribution < 1.29 is 4.79 Å². The first-order valence-electron chi connectivity index (χ1n) is 7.96. The summed E-state index contributed by atoms with van der Waals surface area (Å²) in [6.45, 7) is 6.52. The Kier molecular flexibility index (Phi) is 5.21. The first kappa shape index (κ1) is 16.5. The van der Waals surface area contributed by atoms with E-state index in [4.69, 9.17) is 0 Å². The van der Waals surface area contributed by atoms with Crippen molar-refractivity contribution in [3.63, 3.8) is 0 Å². The van der Waals surface area contributed by atoms with E-state index in [-0.39, 0.29) is 18.5 Å². The number of rotatable bonds is 4. The van der Waals surface area contributed by atoms with Crippen LogP contribution in [0.5, 0.6) is 0 Å². The minimum absolute atomic E-state index is 0.0642. The number of hydrogen-bond acceptors (Lipinski definition) is 3. The third-order valence-corrected chi connectivity index (χ3v) is 4.58. The maximum Gasteiger partial charge on any atom is 0.328 e. The van der Waals surface area contributed by atoms with Crippen LogP contribution in [0.1, 0.15) is 40.0 Å². The fraction of sp³-hybridized carbons (Fsp3) is 0.688. The van der Waals surface area contributed by atoms with E-state index in [1.54, 1.807) is 0 Å². The predicted octanol–water partition coefficient (Wildman–Crippen LogP) is 1.11. The zero-order valence-electron chi connectivity index (χ0n) is 13.5. The predicted molar refractivity (Wildman–Crippen MR) is 84.6 cm³/mol. The number of carbonyl (C=O) groups is 1. The third-order valence-electron chi connectivity index (χ3n) is 4.58. The Morgan fingerprint density at radius 1 is 1.41 bits per heavy atom. The van der Waals surface area contributed by atoms with Crippen LogP contribution in [0.25, 0.3) is 0 Å². The average Bonchev–Trinajstić information content (AvgIpc) is 2.41. The molecule has 0 unspecified atom stereocenters. The normalized spacial score (nSPS) is 25.2. The zero-order valence-corrected chi connectivity index (χ0v) is 13.5. The molecule has 2 N–H and O–H groups in total. The average molecular weight is 307 g/mol. The molecule has 22 heavy (non-hydrogen) atoms. The van der Waals surface area contributed by atoms with Crippen molar-refractivity contribution >= 4 is 5.91 Å². The molecule has 1 amide bonds. The van der Waals surface area contributed by atoms with Gasteiger partial charge in [0, 0.05) is 18.3 Å². The van der Waals surface area contributed by atoms with E-state index in [0.29, 0.717) is 17.8 Å². The summed E-state index contributed by atoms with van der Waals surface area (Å²) in [5, 5.41) is 3.08. The van der Waals surface area contributed by atoms with Gasteiger partial charge in [-0.15, -0.1) is 0 Å². The molecule has 1 aliphatic carbocycles. The van der Waals surface area contributed by atoms with E-state index in [1.165, 1.54) is 23.3 Å². The molecule has 6 nitrogen and oxygen atoms in total. The minimum Gasteiger partial charge on any atom is -0.352 e. The van der Waals surface area contributed by atoms with E-state index >= 15 is 0 Å². The maximum absolute atomic E-state index is 12.2. The van der Waals surface area contributed by atoms with Gasteiger partial charge in [0.2, 0.25) is 5.91 Å². The molecule has 6 heteroatoms. The lowest BCUT2D eigenvalue weighted by Crippen LogP contribution is -2.47. The molecule has 1 fully saturated rings. The molecule has 1 saturated carbocycles. The highest BCUT2D eigenvalue weighted by molar-refractivity contribution is 5.76. The van der Waals surface area contributed by atoms with E-state index in [2.05, 4.69) is 31.1 Å². The molecular weight excluding hydrogens is 282 g/mol. The Balaban J connectivity index is 2.03. The van der Waals surface area contributed by atoms with Crippen LogP contribution in [0.4, 0.5) is 0 Å². The monoisotopic (exact) mass is 307 g/mol. The first-order valence-corrected chi connectivity index (χ1v) is 7.96. The smallest absolute Gasteiger partial charge is 0.328 e. The van der Waals surface area contributed by atoms with Crippen LogP contribution in [0.2, 0.25) is 0 Å². The third kappa shape index (κ3) is 4.08. The van der Waals surface area contributed by atoms with E-state index < -0.39 is 11.2 Å². The Morgan fingerprint density at radius 2 is 2.14 bits per heavy atom. The quantitative estimate of drug-likeness (QED) is 0.874. The molecule has 0 aliphatic heterocycles. The number of nitrogens with zero attached hydrogens (tertiary/aromatic N) is 1. The molecule has 0 radical (unpaired) electrons. The molecule has 122 valence electrons. The fourth-order valence-corrected chi connectivity index (χ4v) is 3.34. The van der Waals surface area contributed by atoms with Crippen molar-refractivity contribution in [1.29, 1.82) is 0 Å². The lowest BCUT2D eigenvalue weighted by atomic mass is 9.74. The second-order valence-corrected chi connectivity index (χ2v) is 6.74. The van der Waals surface area contributed by atoms with Crippen LogP contribution in [-0.2, 0) is 11.3 Å². The summed E-state index contributed by atoms with van der Waals surface area (Å²) in [6.07, 6.45) is 4.66. The van der Waals surface area contributed by atoms with Crippen LogP contribution < -0.4 is 16.6 Å². The van der Waals surface area contributed by atoms with Crippen LogP contribution in [0.3, 0.4) is 0 Å². The van der Waals surface area contributed by atoms with Crippen molar-refractivity contribution in [1.82, 2.24) is 14.9 Å². The molecule has 1 aromatic rings. The van der Waals surface area contributed by atoms with Gasteiger partial charge in [-0.25, -0.2) is 4.79 Å². The van der Waals surface area contributed by atoms with Crippen LogP contribution in [0, 0.1) is 17.8 Å². The first-order chi connectivity index (χ1) is 10.4. The summed E-state index contributed by atoms with van der Waals surface area (Å²) in [6, 6.07) is 1.41. The van der Waals surface area contributed by atoms with E-state index in [9.17, 15) is 14.4 Å². The summed E-state index contributed by atoms with van der Waals surface area (Å²) in [5.74, 6) is 1.43. The molecule has 2 rings (SSSR count). The van der Waals surface area contributed by atoms with Crippen molar-refractivity contribution in [2.75, 3.05) is 0 Å². The summed E-state index contributed by atoms with van der Waals surface area (Å²) in [7, 11) is 0. The van der Waals surface area contributed by atoms with Crippen molar-refractivity contribution in [2.45, 2.75) is 52.6 Å². The Labute approximate surface area is 129 Å². The van der Waals surface area contributed by atoms with Gasteiger partial charge in [-0.3, -0.25) is 19.1 Å². The molecule has 1 aromatic heterocycles. The fourth-order valence-electron chi connectivity index (χ4n) is 3.34. The summed E-state index contributed by atoms with van der Waals surface area (Å²) >= 11 is 0. The minimum atomic E-state index is -0.555. The van der Waals surface area contributed by atoms with Gasteiger partial charge in [-0.1, -0.05) is 27.2 Å². The molecule has 1 heterocycles. The van der Waals surface area contributed by atoms with Crippen LogP contribution >= 0.6 is 0 Å². The molecule has 3 atom stereocenters. The molecule has 0 bridgehead atoms. The highest BCUT2D eigenvalue weighted by Crippen LogP contribution is 2.33. The van der Waals surface area contributed by atoms with Gasteiger partial charge in [0.1, 0.15) is 6.54 Å². The van der Waals surface area contributed by atoms with Crippen molar-refractivity contribution in [2.24, 2.45) is 17.8 Å². The lowest BCUT2D eigenvalue weighted by Gasteiger charge is -2.37. The highest BCUT2D eigenvalue weighted by Gasteiger charge is 2.31. The summed E-state index contributed by atoms with van der Waals surface area (Å²) in [5.41, 5.74) is -1.01. The molecule has 0 saturated heterocycles. The Morgan fingerprint density at radius 3 is 2.77 bits per heavy atom. The van der Waals surface area contributed by atoms with Crippen LogP contribution in [-0.4, -0.2) is 21.5 Å². The van der Waals surface area contributed by atoms with Gasteiger partial charge in [0.15, 0.2) is 0 Å². The Hall–Kier alpha value is -1.85. The van der Waals surface area contributed by atoms with E-state index in [1.807, 2.05) is 0 Å². The van der Waals surface area contributed by atoms with Gasteiger partial charge >= 0.3 is 5.69 Å². The largest absolute Gasteiger partial charge is 0.352 e. The van der Waals surface area contributed by atoms with Gasteiger partial charge in [-0.05, 0) is 30.6 Å². The number of carbonyl (C=O) groups excluding carboxylic acids is 1. The number of hydrogen-bond donors (Lipinski definition) is 2. The summed E-state index contributed by atoms with van der Waals surface area (Å²) in [4.78, 5) is 37.0. The number of aromatic nitrogens is 2. The van der Waals surface area contributed by atoms with Crippen molar-refractivity contribution in [3.05, 3.63) is 33.1 Å². The van der Waals surface area contributed by atoms with Gasteiger partial charge in [0.05, 0.1) is 0 Å². The second kappa shape index (κ2) is 6.94. The van der Waals surface area contributed by atoms with Gasteiger partial charge in [-0.2, -0.15) is 0 Å². The summed E-state index contributed by atoms with van der Waals surface area (Å²) < 4.78 is 1.22. The van der Waals surface area contributed by atoms with Crippen molar-refractivity contribution in [3.8, 4) is 0 Å². The number of nitrogens with one attached hydrogen (secondary N) is 2. The molecule has 0 aromatic carbocycles. The van der Waals surface area contributed by atoms with Gasteiger partial charge < -0.3 is 5.32 Å². The highest BCUT2D eigenvalue weighted by atomic mass is 16.2. The molecule has 1 aliphatic rings. The topological polar surface area (TPSA) is 84.0 Å². The lowest BCUT2D eigenvalue weighted by molar-refractivity contribution is -0.123. The van der Waals surface area contributed by atoms with Gasteiger partial charge in [0.25, 0.3) is 5.56 Å². The molecular formula is C16H25N3O3. The number of amides is 1. The standard InChI is InChI=1S/C16H25N3O3/c1-10(2)12-5-4-11(3)8-13(12)17-15(21)9-19-7-6-14(20)18-16(19)22/h6-7,10-13H,4-5,8-9H2,1-3H3,(H,17,21)(H,18,20,22)/t11-,12-,13+/m1/s1. The number of aromatic amines is 1.